The first-order valence-electron chi connectivity index (χ1n) is 5.46. The van der Waals surface area contributed by atoms with Gasteiger partial charge in [-0.25, -0.2) is 17.2 Å². The molecule has 0 radical (unpaired) electrons. The molecule has 100 valence electrons. The Morgan fingerprint density at radius 1 is 1.33 bits per heavy atom. The van der Waals surface area contributed by atoms with Crippen molar-refractivity contribution < 1.29 is 17.2 Å². The van der Waals surface area contributed by atoms with Crippen LogP contribution in [0.25, 0.3) is 0 Å². The maximum absolute atomic E-state index is 13.1. The van der Waals surface area contributed by atoms with Crippen molar-refractivity contribution in [1.82, 2.24) is 4.31 Å². The number of hydrogen-bond acceptors (Lipinski definition) is 2. The van der Waals surface area contributed by atoms with Crippen LogP contribution in [0.3, 0.4) is 0 Å². The van der Waals surface area contributed by atoms with Gasteiger partial charge in [0.1, 0.15) is 0 Å². The molecule has 1 aromatic rings. The van der Waals surface area contributed by atoms with Crippen molar-refractivity contribution in [1.29, 1.82) is 0 Å². The van der Waals surface area contributed by atoms with E-state index < -0.39 is 21.7 Å². The first-order chi connectivity index (χ1) is 8.45. The number of nitrogens with zero attached hydrogens (tertiary/aromatic N) is 1. The third kappa shape index (κ3) is 2.57. The third-order valence-electron chi connectivity index (χ3n) is 3.00. The SMILES string of the molecule is O=S(=O)(c1ccc(F)c(F)c1)N1CCC(CBr)C1. The molecule has 0 aliphatic carbocycles. The average molecular weight is 340 g/mol. The van der Waals surface area contributed by atoms with Crippen LogP contribution in [0.2, 0.25) is 0 Å². The Hall–Kier alpha value is -0.530. The monoisotopic (exact) mass is 339 g/mol. The lowest BCUT2D eigenvalue weighted by Crippen LogP contribution is -2.29. The van der Waals surface area contributed by atoms with Crippen molar-refractivity contribution in [2.75, 3.05) is 18.4 Å². The van der Waals surface area contributed by atoms with Gasteiger partial charge < -0.3 is 0 Å². The van der Waals surface area contributed by atoms with E-state index in [-0.39, 0.29) is 10.8 Å². The zero-order chi connectivity index (χ0) is 13.3. The van der Waals surface area contributed by atoms with Gasteiger partial charge in [-0.3, -0.25) is 0 Å². The molecule has 1 heterocycles. The number of benzene rings is 1. The van der Waals surface area contributed by atoms with Crippen molar-refractivity contribution in [3.63, 3.8) is 0 Å². The minimum Gasteiger partial charge on any atom is -0.207 e. The molecule has 1 unspecified atom stereocenters. The van der Waals surface area contributed by atoms with E-state index in [0.29, 0.717) is 13.1 Å². The van der Waals surface area contributed by atoms with Crippen molar-refractivity contribution in [2.45, 2.75) is 11.3 Å². The summed E-state index contributed by atoms with van der Waals surface area (Å²) in [5.41, 5.74) is 0. The summed E-state index contributed by atoms with van der Waals surface area (Å²) >= 11 is 3.32. The summed E-state index contributed by atoms with van der Waals surface area (Å²) in [4.78, 5) is -0.198. The van der Waals surface area contributed by atoms with E-state index in [9.17, 15) is 17.2 Å². The van der Waals surface area contributed by atoms with Gasteiger partial charge in [0.25, 0.3) is 0 Å². The average Bonchev–Trinajstić information content (AvgIpc) is 2.81. The Labute approximate surface area is 113 Å². The van der Waals surface area contributed by atoms with Crippen molar-refractivity contribution in [2.24, 2.45) is 5.92 Å². The summed E-state index contributed by atoms with van der Waals surface area (Å²) in [6.07, 6.45) is 0.772. The van der Waals surface area contributed by atoms with Crippen LogP contribution in [0, 0.1) is 17.6 Å². The Morgan fingerprint density at radius 2 is 2.06 bits per heavy atom. The molecule has 0 amide bonds. The van der Waals surface area contributed by atoms with E-state index in [1.165, 1.54) is 4.31 Å². The predicted octanol–water partition coefficient (Wildman–Crippen LogP) is 2.37. The van der Waals surface area contributed by atoms with Crippen LogP contribution in [-0.4, -0.2) is 31.1 Å². The van der Waals surface area contributed by atoms with Crippen LogP contribution in [0.15, 0.2) is 23.1 Å². The quantitative estimate of drug-likeness (QED) is 0.793. The van der Waals surface area contributed by atoms with Gasteiger partial charge in [0.15, 0.2) is 11.6 Å². The molecule has 2 rings (SSSR count). The maximum Gasteiger partial charge on any atom is 0.243 e. The number of halogens is 3. The number of sulfonamides is 1. The molecule has 18 heavy (non-hydrogen) atoms. The van der Waals surface area contributed by atoms with Crippen LogP contribution in [0.5, 0.6) is 0 Å². The van der Waals surface area contributed by atoms with Crippen LogP contribution in [0.1, 0.15) is 6.42 Å². The number of rotatable bonds is 3. The molecule has 3 nitrogen and oxygen atoms in total. The molecule has 1 fully saturated rings. The Morgan fingerprint density at radius 3 is 2.61 bits per heavy atom. The summed E-state index contributed by atoms with van der Waals surface area (Å²) in [5, 5.41) is 0.733. The Kier molecular flexibility index (Phi) is 4.03. The van der Waals surface area contributed by atoms with E-state index in [1.54, 1.807) is 0 Å². The Balaban J connectivity index is 2.28. The van der Waals surface area contributed by atoms with E-state index in [2.05, 4.69) is 15.9 Å². The van der Waals surface area contributed by atoms with Gasteiger partial charge in [-0.15, -0.1) is 0 Å². The fraction of sp³-hybridized carbons (Fsp3) is 0.455. The number of alkyl halides is 1. The number of hydrogen-bond donors (Lipinski definition) is 0. The zero-order valence-electron chi connectivity index (χ0n) is 9.44. The molecule has 1 aromatic carbocycles. The molecule has 1 aliphatic heterocycles. The second-order valence-corrected chi connectivity index (χ2v) is 6.83. The fourth-order valence-corrected chi connectivity index (χ4v) is 4.00. The van der Waals surface area contributed by atoms with Gasteiger partial charge in [-0.2, -0.15) is 4.31 Å². The second kappa shape index (κ2) is 5.22. The van der Waals surface area contributed by atoms with Crippen LogP contribution in [-0.2, 0) is 10.0 Å². The molecule has 0 N–H and O–H groups in total. The maximum atomic E-state index is 13.1. The van der Waals surface area contributed by atoms with Gasteiger partial charge in [-0.05, 0) is 30.5 Å². The molecule has 7 heteroatoms. The lowest BCUT2D eigenvalue weighted by molar-refractivity contribution is 0.463. The second-order valence-electron chi connectivity index (χ2n) is 4.25. The molecular formula is C11H12BrF2NO2S. The molecule has 0 saturated carbocycles. The van der Waals surface area contributed by atoms with Crippen molar-refractivity contribution >= 4 is 26.0 Å². The van der Waals surface area contributed by atoms with Gasteiger partial charge >= 0.3 is 0 Å². The smallest absolute Gasteiger partial charge is 0.207 e. The molecule has 0 aromatic heterocycles. The lowest BCUT2D eigenvalue weighted by Gasteiger charge is -2.16. The van der Waals surface area contributed by atoms with Crippen molar-refractivity contribution in [3.8, 4) is 0 Å². The predicted molar refractivity (Wildman–Crippen MR) is 67.0 cm³/mol. The highest BCUT2D eigenvalue weighted by molar-refractivity contribution is 9.09. The summed E-state index contributed by atoms with van der Waals surface area (Å²) in [7, 11) is -3.72. The molecule has 1 saturated heterocycles. The largest absolute Gasteiger partial charge is 0.243 e. The minimum absolute atomic E-state index is 0.198. The molecular weight excluding hydrogens is 328 g/mol. The summed E-state index contributed by atoms with van der Waals surface area (Å²) in [5.74, 6) is -1.92. The van der Waals surface area contributed by atoms with Crippen LogP contribution < -0.4 is 0 Å². The van der Waals surface area contributed by atoms with Crippen LogP contribution in [0.4, 0.5) is 8.78 Å². The Bertz CT molecular complexity index is 550. The van der Waals surface area contributed by atoms with Gasteiger partial charge in [0, 0.05) is 18.4 Å². The fourth-order valence-electron chi connectivity index (χ4n) is 1.93. The van der Waals surface area contributed by atoms with E-state index >= 15 is 0 Å². The third-order valence-corrected chi connectivity index (χ3v) is 5.77. The minimum atomic E-state index is -3.72. The van der Waals surface area contributed by atoms with Gasteiger partial charge in [0.05, 0.1) is 4.90 Å². The molecule has 0 bridgehead atoms. The van der Waals surface area contributed by atoms with Gasteiger partial charge in [0.2, 0.25) is 10.0 Å². The summed E-state index contributed by atoms with van der Waals surface area (Å²) in [6, 6.07) is 2.65. The molecule has 1 atom stereocenters. The van der Waals surface area contributed by atoms with Gasteiger partial charge in [-0.1, -0.05) is 15.9 Å². The summed E-state index contributed by atoms with van der Waals surface area (Å²) in [6.45, 7) is 0.824. The van der Waals surface area contributed by atoms with Crippen LogP contribution >= 0.6 is 15.9 Å². The first kappa shape index (κ1) is 13.9. The van der Waals surface area contributed by atoms with E-state index in [0.717, 1.165) is 30.0 Å². The topological polar surface area (TPSA) is 37.4 Å². The standard InChI is InChI=1S/C11H12BrF2NO2S/c12-6-8-3-4-15(7-8)18(16,17)9-1-2-10(13)11(14)5-9/h1-2,5,8H,3-4,6-7H2. The molecule has 0 spiro atoms. The first-order valence-corrected chi connectivity index (χ1v) is 8.02. The zero-order valence-corrected chi connectivity index (χ0v) is 11.8. The van der Waals surface area contributed by atoms with E-state index in [1.807, 2.05) is 0 Å². The lowest BCUT2D eigenvalue weighted by atomic mass is 10.2. The summed E-state index contributed by atoms with van der Waals surface area (Å²) < 4.78 is 51.5. The normalized spacial score (nSPS) is 21.4. The highest BCUT2D eigenvalue weighted by atomic mass is 79.9. The highest BCUT2D eigenvalue weighted by Gasteiger charge is 2.32. The molecule has 1 aliphatic rings. The highest BCUT2D eigenvalue weighted by Crippen LogP contribution is 2.26. The van der Waals surface area contributed by atoms with E-state index in [4.69, 9.17) is 0 Å². The van der Waals surface area contributed by atoms with Crippen molar-refractivity contribution in [3.05, 3.63) is 29.8 Å².